The lowest BCUT2D eigenvalue weighted by Gasteiger charge is -2.38. The van der Waals surface area contributed by atoms with E-state index in [-0.39, 0.29) is 12.0 Å². The molecule has 9 heteroatoms. The molecule has 3 heterocycles. The van der Waals surface area contributed by atoms with E-state index < -0.39 is 17.1 Å². The maximum absolute atomic E-state index is 11.3. The highest BCUT2D eigenvalue weighted by Crippen LogP contribution is 2.45. The molecule has 1 saturated carbocycles. The Kier molecular flexibility index (Phi) is 3.26. The smallest absolute Gasteiger partial charge is 0.531 e. The summed E-state index contributed by atoms with van der Waals surface area (Å²) in [6.45, 7) is 0. The monoisotopic (exact) mass is 333 g/mol. The van der Waals surface area contributed by atoms with Gasteiger partial charge in [-0.05, 0) is 36.4 Å². The summed E-state index contributed by atoms with van der Waals surface area (Å²) in [5.74, 6) is 2.45. The van der Waals surface area contributed by atoms with E-state index in [9.17, 15) is 13.4 Å². The number of nitrogens with zero attached hydrogens (tertiary/aromatic N) is 1. The van der Waals surface area contributed by atoms with Crippen molar-refractivity contribution in [2.75, 3.05) is 6.26 Å². The second-order valence-electron chi connectivity index (χ2n) is 6.12. The summed E-state index contributed by atoms with van der Waals surface area (Å²) in [6.07, 6.45) is 6.01. The SMILES string of the molecule is CS(=O)(=O)N[C@H]1C[C@@H](C2=CB(O)Oc3cnc4[nH]ccc4c32)C1. The van der Waals surface area contributed by atoms with E-state index in [0.29, 0.717) is 18.6 Å². The summed E-state index contributed by atoms with van der Waals surface area (Å²) in [5, 5.41) is 10.9. The lowest BCUT2D eigenvalue weighted by Crippen LogP contribution is -2.44. The number of allylic oxidation sites excluding steroid dienone is 1. The van der Waals surface area contributed by atoms with Crippen LogP contribution >= 0.6 is 0 Å². The maximum atomic E-state index is 11.3. The summed E-state index contributed by atoms with van der Waals surface area (Å²) in [6, 6.07) is 1.88. The molecule has 1 aliphatic carbocycles. The molecule has 0 saturated heterocycles. The van der Waals surface area contributed by atoms with Gasteiger partial charge in [0.15, 0.2) is 0 Å². The standard InChI is InChI=1S/C14H16BN3O4S/c1-23(20,21)18-9-4-8(5-9)11-6-15(19)22-12-7-17-14-10(13(11)12)2-3-16-14/h2-3,6-9,18-19H,4-5H2,1H3,(H,16,17)/t8-,9+. The second kappa shape index (κ2) is 5.08. The molecular weight excluding hydrogens is 317 g/mol. The molecule has 2 aromatic rings. The third-order valence-electron chi connectivity index (χ3n) is 4.37. The largest absolute Gasteiger partial charge is 0.552 e. The lowest BCUT2D eigenvalue weighted by molar-refractivity contribution is 0.309. The molecule has 1 fully saturated rings. The van der Waals surface area contributed by atoms with Crippen LogP contribution in [0.15, 0.2) is 24.4 Å². The van der Waals surface area contributed by atoms with E-state index in [1.54, 1.807) is 12.2 Å². The first-order valence-corrected chi connectivity index (χ1v) is 9.30. The molecule has 120 valence electrons. The van der Waals surface area contributed by atoms with Crippen LogP contribution in [0.5, 0.6) is 5.75 Å². The van der Waals surface area contributed by atoms with Gasteiger partial charge in [0.2, 0.25) is 10.0 Å². The summed E-state index contributed by atoms with van der Waals surface area (Å²) in [5.41, 5.74) is 2.70. The number of fused-ring (bicyclic) bond motifs is 3. The Hall–Kier alpha value is -1.84. The summed E-state index contributed by atoms with van der Waals surface area (Å²) in [7, 11) is -4.20. The van der Waals surface area contributed by atoms with Crippen molar-refractivity contribution >= 4 is 33.7 Å². The van der Waals surface area contributed by atoms with Gasteiger partial charge in [0.25, 0.3) is 0 Å². The van der Waals surface area contributed by atoms with Gasteiger partial charge in [-0.2, -0.15) is 0 Å². The number of pyridine rings is 1. The summed E-state index contributed by atoms with van der Waals surface area (Å²) < 4.78 is 30.7. The van der Waals surface area contributed by atoms with Crippen LogP contribution in [0.4, 0.5) is 0 Å². The Morgan fingerprint density at radius 1 is 1.48 bits per heavy atom. The molecule has 3 N–H and O–H groups in total. The Labute approximate surface area is 134 Å². The average Bonchev–Trinajstić information content (AvgIpc) is 2.88. The number of sulfonamides is 1. The van der Waals surface area contributed by atoms with Crippen molar-refractivity contribution in [2.24, 2.45) is 5.92 Å². The second-order valence-corrected chi connectivity index (χ2v) is 7.90. The van der Waals surface area contributed by atoms with Crippen LogP contribution in [0.1, 0.15) is 18.4 Å². The molecule has 0 bridgehead atoms. The topological polar surface area (TPSA) is 104 Å². The lowest BCUT2D eigenvalue weighted by atomic mass is 9.68. The zero-order chi connectivity index (χ0) is 16.2. The van der Waals surface area contributed by atoms with Gasteiger partial charge < -0.3 is 14.7 Å². The van der Waals surface area contributed by atoms with E-state index in [2.05, 4.69) is 14.7 Å². The Morgan fingerprint density at radius 2 is 2.26 bits per heavy atom. The summed E-state index contributed by atoms with van der Waals surface area (Å²) in [4.78, 5) is 7.35. The normalized spacial score (nSPS) is 23.9. The van der Waals surface area contributed by atoms with Crippen molar-refractivity contribution in [3.05, 3.63) is 30.0 Å². The molecule has 0 amide bonds. The van der Waals surface area contributed by atoms with Crippen molar-refractivity contribution in [1.82, 2.24) is 14.7 Å². The fraction of sp³-hybridized carbons (Fsp3) is 0.357. The maximum Gasteiger partial charge on any atom is 0.552 e. The molecule has 1 aliphatic heterocycles. The van der Waals surface area contributed by atoms with Crippen LogP contribution in [-0.2, 0) is 10.0 Å². The predicted molar refractivity (Wildman–Crippen MR) is 87.2 cm³/mol. The zero-order valence-electron chi connectivity index (χ0n) is 12.5. The van der Waals surface area contributed by atoms with Crippen LogP contribution in [0.25, 0.3) is 16.6 Å². The van der Waals surface area contributed by atoms with E-state index in [1.165, 1.54) is 6.26 Å². The number of aromatic amines is 1. The van der Waals surface area contributed by atoms with Crippen molar-refractivity contribution in [3.8, 4) is 5.75 Å². The van der Waals surface area contributed by atoms with Gasteiger partial charge in [-0.15, -0.1) is 0 Å². The fourth-order valence-electron chi connectivity index (χ4n) is 3.39. The highest BCUT2D eigenvalue weighted by molar-refractivity contribution is 7.88. The number of hydrogen-bond acceptors (Lipinski definition) is 5. The minimum Gasteiger partial charge on any atom is -0.531 e. The molecule has 0 aromatic carbocycles. The van der Waals surface area contributed by atoms with E-state index in [4.69, 9.17) is 4.65 Å². The first kappa shape index (κ1) is 14.7. The van der Waals surface area contributed by atoms with Crippen LogP contribution in [0, 0.1) is 5.92 Å². The van der Waals surface area contributed by atoms with Gasteiger partial charge in [-0.3, -0.25) is 0 Å². The molecule has 0 unspecified atom stereocenters. The third-order valence-corrected chi connectivity index (χ3v) is 5.13. The minimum absolute atomic E-state index is 0.0529. The van der Waals surface area contributed by atoms with E-state index in [0.717, 1.165) is 22.2 Å². The molecule has 0 atom stereocenters. The molecule has 2 aromatic heterocycles. The molecule has 0 spiro atoms. The molecule has 0 radical (unpaired) electrons. The van der Waals surface area contributed by atoms with Crippen molar-refractivity contribution in [3.63, 3.8) is 0 Å². The van der Waals surface area contributed by atoms with Crippen molar-refractivity contribution in [1.29, 1.82) is 0 Å². The van der Waals surface area contributed by atoms with Gasteiger partial charge in [-0.1, -0.05) is 0 Å². The highest BCUT2D eigenvalue weighted by atomic mass is 32.2. The average molecular weight is 333 g/mol. The Bertz CT molecular complexity index is 902. The Morgan fingerprint density at radius 3 is 3.00 bits per heavy atom. The van der Waals surface area contributed by atoms with E-state index >= 15 is 0 Å². The third kappa shape index (κ3) is 2.64. The molecule has 2 aliphatic rings. The van der Waals surface area contributed by atoms with Gasteiger partial charge in [0, 0.05) is 23.2 Å². The molecule has 7 nitrogen and oxygen atoms in total. The van der Waals surface area contributed by atoms with Crippen LogP contribution in [-0.4, -0.2) is 42.8 Å². The van der Waals surface area contributed by atoms with Crippen LogP contribution < -0.4 is 9.38 Å². The number of H-pyrrole nitrogens is 1. The molecule has 4 rings (SSSR count). The van der Waals surface area contributed by atoms with E-state index in [1.807, 2.05) is 12.3 Å². The molecular formula is C14H16BN3O4S. The van der Waals surface area contributed by atoms with Crippen LogP contribution in [0.3, 0.4) is 0 Å². The number of hydrogen-bond donors (Lipinski definition) is 3. The summed E-state index contributed by atoms with van der Waals surface area (Å²) >= 11 is 0. The van der Waals surface area contributed by atoms with Gasteiger partial charge >= 0.3 is 7.12 Å². The first-order valence-electron chi connectivity index (χ1n) is 7.41. The fourth-order valence-corrected chi connectivity index (χ4v) is 4.19. The van der Waals surface area contributed by atoms with Gasteiger partial charge in [0.05, 0.1) is 12.5 Å². The number of nitrogens with one attached hydrogen (secondary N) is 2. The number of aromatic nitrogens is 2. The van der Waals surface area contributed by atoms with Crippen molar-refractivity contribution in [2.45, 2.75) is 18.9 Å². The van der Waals surface area contributed by atoms with Gasteiger partial charge in [-0.25, -0.2) is 18.1 Å². The molecule has 23 heavy (non-hydrogen) atoms. The van der Waals surface area contributed by atoms with Crippen LogP contribution in [0.2, 0.25) is 0 Å². The quantitative estimate of drug-likeness (QED) is 0.717. The minimum atomic E-state index is -3.19. The highest BCUT2D eigenvalue weighted by Gasteiger charge is 2.38. The van der Waals surface area contributed by atoms with Gasteiger partial charge in [0.1, 0.15) is 11.4 Å². The zero-order valence-corrected chi connectivity index (χ0v) is 13.3. The first-order chi connectivity index (χ1) is 10.9. The predicted octanol–water partition coefficient (Wildman–Crippen LogP) is 0.686. The van der Waals surface area contributed by atoms with Crippen molar-refractivity contribution < 1.29 is 18.1 Å². The Balaban J connectivity index is 1.66. The number of rotatable bonds is 3.